The molecular formula is C53H73NO9S2. The number of epoxide rings is 1. The van der Waals surface area contributed by atoms with Crippen molar-refractivity contribution in [1.29, 1.82) is 0 Å². The summed E-state index contributed by atoms with van der Waals surface area (Å²) in [7, 11) is 3.37. The summed E-state index contributed by atoms with van der Waals surface area (Å²) in [5.41, 5.74) is -4.28. The predicted octanol–water partition coefficient (Wildman–Crippen LogP) is 7.55. The number of aliphatic hydroxyl groups excluding tert-OH is 3. The van der Waals surface area contributed by atoms with Gasteiger partial charge in [0.1, 0.15) is 17.5 Å². The third-order valence-electron chi connectivity index (χ3n) is 21.3. The third-order valence-corrected chi connectivity index (χ3v) is 23.9. The molecule has 4 spiro atoms. The number of allylic oxidation sites excluding steroid dienone is 2. The fourth-order valence-corrected chi connectivity index (χ4v) is 21.1. The number of hydrogen-bond acceptors (Lipinski definition) is 11. The average Bonchev–Trinajstić information content (AvgIpc) is 3.77. The Morgan fingerprint density at radius 1 is 0.938 bits per heavy atom. The number of rotatable bonds is 4. The molecule has 16 atom stereocenters. The van der Waals surface area contributed by atoms with Crippen LogP contribution in [0.25, 0.3) is 0 Å². The van der Waals surface area contributed by atoms with Crippen LogP contribution in [0, 0.1) is 68.5 Å². The number of benzene rings is 1. The molecule has 65 heavy (non-hydrogen) atoms. The van der Waals surface area contributed by atoms with Gasteiger partial charge in [-0.1, -0.05) is 80.7 Å². The van der Waals surface area contributed by atoms with Gasteiger partial charge in [-0.2, -0.15) is 0 Å². The molecule has 1 aromatic carbocycles. The molecule has 5 saturated carbocycles. The number of amides is 1. The summed E-state index contributed by atoms with van der Waals surface area (Å²) in [6.45, 7) is 9.22. The highest BCUT2D eigenvalue weighted by molar-refractivity contribution is 8.76. The number of phenolic OH excluding ortho intramolecular Hbond substituents is 1. The average molecular weight is 932 g/mol. The van der Waals surface area contributed by atoms with Crippen LogP contribution in [0.1, 0.15) is 123 Å². The molecule has 1 aromatic rings. The first-order valence-electron chi connectivity index (χ1n) is 25.4. The maximum absolute atomic E-state index is 15.7. The number of phenols is 1. The van der Waals surface area contributed by atoms with Crippen LogP contribution in [-0.2, 0) is 20.7 Å². The van der Waals surface area contributed by atoms with E-state index >= 15 is 9.59 Å². The Hall–Kier alpha value is -1.90. The minimum Gasteiger partial charge on any atom is -0.508 e. The van der Waals surface area contributed by atoms with Crippen LogP contribution >= 0.6 is 21.6 Å². The van der Waals surface area contributed by atoms with Crippen molar-refractivity contribution in [2.45, 2.75) is 160 Å². The SMILES string of the molecule is CC(C)C(C)C1OC1C1(O)CC=CC2CC3C4=CC(=O)C5(CSSCC6CCCC(CO)C67C(=O)N(CC76CCCC6)c6cc(O)cc(c6)CCC26C1CCC46O)CC(O)C(O)CC35C. The number of ether oxygens (including phenoxy) is 1. The highest BCUT2D eigenvalue weighted by Gasteiger charge is 2.77. The molecule has 7 fully saturated rings. The molecule has 12 heteroatoms. The molecule has 2 saturated heterocycles. The van der Waals surface area contributed by atoms with Gasteiger partial charge in [-0.05, 0) is 147 Å². The third kappa shape index (κ3) is 5.95. The second-order valence-corrected chi connectivity index (χ2v) is 26.3. The standard InChI is InChI=1S/C53H73NO9S2/c1-30(2)31(3)44-45(63-44)51(61)16-8-11-33-21-38-39-23-43(59)49(25-41(58)40(57)24-47(38,49)4)29-65-64-27-35-10-7-9-34(26-55)53(35)46(60)54(28-48(53)14-5-6-15-48)36-19-32(20-37(56)22-36)12-17-50(33)42(51)13-18-52(39,50)62/h8,11,19-20,22-23,30-31,33-35,38,40-42,44-45,55-58,61-62H,5-7,9-10,12-18,21,24-29H2,1-4H3. The minimum absolute atomic E-state index is 0.00669. The van der Waals surface area contributed by atoms with E-state index < -0.39 is 51.2 Å². The predicted molar refractivity (Wildman–Crippen MR) is 253 cm³/mol. The Balaban J connectivity index is 1.09. The van der Waals surface area contributed by atoms with Crippen LogP contribution < -0.4 is 4.90 Å². The van der Waals surface area contributed by atoms with E-state index in [0.29, 0.717) is 68.2 Å². The zero-order valence-electron chi connectivity index (χ0n) is 38.9. The molecule has 13 rings (SSSR count). The van der Waals surface area contributed by atoms with Gasteiger partial charge in [-0.15, -0.1) is 0 Å². The normalized spacial score (nSPS) is 48.0. The molecule has 356 valence electrons. The second-order valence-electron chi connectivity index (χ2n) is 23.8. The molecule has 6 N–H and O–H groups in total. The number of aliphatic hydroxyl groups is 5. The second kappa shape index (κ2) is 15.6. The van der Waals surface area contributed by atoms with Gasteiger partial charge in [-0.3, -0.25) is 9.59 Å². The number of fused-ring (bicyclic) bond motifs is 1. The molecule has 7 aliphatic carbocycles. The van der Waals surface area contributed by atoms with Crippen molar-refractivity contribution in [3.63, 3.8) is 0 Å². The summed E-state index contributed by atoms with van der Waals surface area (Å²) in [5, 5.41) is 73.4. The summed E-state index contributed by atoms with van der Waals surface area (Å²) < 4.78 is 6.52. The molecule has 10 nitrogen and oxygen atoms in total. The number of aromatic hydroxyl groups is 1. The lowest BCUT2D eigenvalue weighted by atomic mass is 9.39. The number of hydrogen-bond donors (Lipinski definition) is 6. The Morgan fingerprint density at radius 3 is 2.46 bits per heavy atom. The highest BCUT2D eigenvalue weighted by Crippen LogP contribution is 2.76. The fourth-order valence-electron chi connectivity index (χ4n) is 17.9. The van der Waals surface area contributed by atoms with E-state index in [1.165, 1.54) is 0 Å². The van der Waals surface area contributed by atoms with Crippen molar-refractivity contribution < 1.29 is 45.0 Å². The zero-order chi connectivity index (χ0) is 45.7. The molecule has 0 radical (unpaired) electrons. The van der Waals surface area contributed by atoms with Crippen molar-refractivity contribution in [2.24, 2.45) is 68.5 Å². The summed E-state index contributed by atoms with van der Waals surface area (Å²) in [6, 6.07) is 5.60. The van der Waals surface area contributed by atoms with Crippen molar-refractivity contribution >= 4 is 39.0 Å². The van der Waals surface area contributed by atoms with Gasteiger partial charge in [0.2, 0.25) is 5.91 Å². The molecule has 16 unspecified atom stereocenters. The van der Waals surface area contributed by atoms with Gasteiger partial charge >= 0.3 is 0 Å². The first-order chi connectivity index (χ1) is 31.0. The van der Waals surface area contributed by atoms with E-state index in [0.717, 1.165) is 56.1 Å². The first kappa shape index (κ1) is 45.5. The van der Waals surface area contributed by atoms with Gasteiger partial charge in [0.05, 0.1) is 34.7 Å². The number of nitrogens with zero attached hydrogens (tertiary/aromatic N) is 1. The van der Waals surface area contributed by atoms with Crippen LogP contribution in [0.5, 0.6) is 5.75 Å². The number of carbonyl (C=O) groups is 2. The summed E-state index contributed by atoms with van der Waals surface area (Å²) >= 11 is 0. The van der Waals surface area contributed by atoms with Crippen LogP contribution in [-0.4, -0.2) is 103 Å². The Labute approximate surface area is 393 Å². The number of anilines is 1. The Morgan fingerprint density at radius 2 is 1.71 bits per heavy atom. The van der Waals surface area contributed by atoms with E-state index in [4.69, 9.17) is 4.74 Å². The summed E-state index contributed by atoms with van der Waals surface area (Å²) in [6.07, 6.45) is 13.3. The highest BCUT2D eigenvalue weighted by atomic mass is 33.1. The Bertz CT molecular complexity index is 2180. The van der Waals surface area contributed by atoms with Crippen molar-refractivity contribution in [3.8, 4) is 5.75 Å². The summed E-state index contributed by atoms with van der Waals surface area (Å²) in [4.78, 5) is 33.2. The molecule has 12 aliphatic rings. The molecule has 0 aromatic heterocycles. The fraction of sp³-hybridized carbons (Fsp3) is 0.774. The summed E-state index contributed by atoms with van der Waals surface area (Å²) in [5.74, 6) is 0.752. The molecular weight excluding hydrogens is 859 g/mol. The van der Waals surface area contributed by atoms with E-state index in [2.05, 4.69) is 45.9 Å². The van der Waals surface area contributed by atoms with Gasteiger partial charge in [-0.25, -0.2) is 0 Å². The maximum atomic E-state index is 15.7. The lowest BCUT2D eigenvalue weighted by Crippen LogP contribution is -2.68. The number of ketones is 1. The van der Waals surface area contributed by atoms with Crippen molar-refractivity contribution in [1.82, 2.24) is 0 Å². The monoisotopic (exact) mass is 931 g/mol. The van der Waals surface area contributed by atoms with Gasteiger partial charge in [0, 0.05) is 53.2 Å². The molecule has 1 amide bonds. The van der Waals surface area contributed by atoms with Crippen molar-refractivity contribution in [3.05, 3.63) is 47.6 Å². The van der Waals surface area contributed by atoms with Crippen molar-refractivity contribution in [2.75, 3.05) is 29.6 Å². The smallest absolute Gasteiger partial charge is 0.234 e. The molecule has 5 heterocycles. The topological polar surface area (TPSA) is 171 Å². The largest absolute Gasteiger partial charge is 0.508 e. The number of carbonyl (C=O) groups excluding carboxylic acids is 2. The van der Waals surface area contributed by atoms with Gasteiger partial charge in [0.25, 0.3) is 0 Å². The van der Waals surface area contributed by atoms with E-state index in [-0.39, 0.29) is 83.9 Å². The van der Waals surface area contributed by atoms with E-state index in [1.54, 1.807) is 39.8 Å². The van der Waals surface area contributed by atoms with Gasteiger partial charge in [0.15, 0.2) is 5.78 Å². The van der Waals surface area contributed by atoms with E-state index in [9.17, 15) is 30.6 Å². The molecule has 5 aliphatic heterocycles. The van der Waals surface area contributed by atoms with Crippen LogP contribution in [0.15, 0.2) is 42.0 Å². The lowest BCUT2D eigenvalue weighted by molar-refractivity contribution is -0.194. The van der Waals surface area contributed by atoms with Gasteiger partial charge < -0.3 is 40.3 Å². The zero-order valence-corrected chi connectivity index (χ0v) is 40.6. The van der Waals surface area contributed by atoms with Crippen LogP contribution in [0.3, 0.4) is 0 Å². The molecule has 8 bridgehead atoms. The minimum atomic E-state index is -1.47. The quantitative estimate of drug-likeness (QED) is 0.100. The van der Waals surface area contributed by atoms with Crippen LogP contribution in [0.2, 0.25) is 0 Å². The Kier molecular flexibility index (Phi) is 10.9. The first-order valence-corrected chi connectivity index (χ1v) is 27.8. The van der Waals surface area contributed by atoms with Crippen LogP contribution in [0.4, 0.5) is 5.69 Å². The van der Waals surface area contributed by atoms with E-state index in [1.807, 2.05) is 4.90 Å². The maximum Gasteiger partial charge on any atom is 0.234 e. The number of aryl methyl sites for hydroxylation is 1. The lowest BCUT2D eigenvalue weighted by Gasteiger charge is -2.66.